The second kappa shape index (κ2) is 14.7. The molecule has 312 valence electrons. The van der Waals surface area contributed by atoms with Crippen LogP contribution in [-0.4, -0.2) is 0 Å². The van der Waals surface area contributed by atoms with E-state index >= 15 is 0 Å². The molecule has 14 rings (SSSR count). The standard InChI is InChI=1S/C65H41NO/c1-3-19-46(20-4-1)65(47-21-5-2-6-22-47)59-28-13-11-25-53(59)54-35-33-50(41-60(54)65)66(49-32-30-42-16-7-8-17-43(42)38-49)48-23-15-18-44(39-48)45-31-34-52-51-24-9-10-26-55(51)63-56(58(52)40-45)36-37-62-64(63)57-27-12-14-29-61(57)67-62/h1-41H. The van der Waals surface area contributed by atoms with Crippen molar-refractivity contribution < 1.29 is 4.42 Å². The van der Waals surface area contributed by atoms with E-state index in [0.29, 0.717) is 0 Å². The minimum absolute atomic E-state index is 0.520. The highest BCUT2D eigenvalue weighted by molar-refractivity contribution is 6.34. The van der Waals surface area contributed by atoms with Crippen LogP contribution >= 0.6 is 0 Å². The Morgan fingerprint density at radius 1 is 0.299 bits per heavy atom. The Morgan fingerprint density at radius 2 is 0.896 bits per heavy atom. The number of furan rings is 1. The number of para-hydroxylation sites is 1. The van der Waals surface area contributed by atoms with Gasteiger partial charge in [-0.05, 0) is 143 Å². The Hall–Kier alpha value is -8.72. The van der Waals surface area contributed by atoms with Crippen LogP contribution in [0.25, 0.3) is 87.3 Å². The maximum Gasteiger partial charge on any atom is 0.136 e. The topological polar surface area (TPSA) is 16.4 Å². The van der Waals surface area contributed by atoms with Crippen LogP contribution in [0, 0.1) is 0 Å². The summed E-state index contributed by atoms with van der Waals surface area (Å²) in [4.78, 5) is 2.45. The molecule has 67 heavy (non-hydrogen) atoms. The van der Waals surface area contributed by atoms with Gasteiger partial charge in [0.15, 0.2) is 0 Å². The average molecular weight is 852 g/mol. The Balaban J connectivity index is 0.990. The zero-order valence-corrected chi connectivity index (χ0v) is 36.5. The molecule has 0 spiro atoms. The first-order valence-electron chi connectivity index (χ1n) is 23.2. The van der Waals surface area contributed by atoms with E-state index in [2.05, 4.69) is 248 Å². The molecular formula is C65H41NO. The van der Waals surface area contributed by atoms with Crippen LogP contribution in [0.4, 0.5) is 17.1 Å². The molecule has 2 heteroatoms. The first kappa shape index (κ1) is 37.6. The van der Waals surface area contributed by atoms with Gasteiger partial charge < -0.3 is 9.32 Å². The second-order valence-electron chi connectivity index (χ2n) is 17.9. The van der Waals surface area contributed by atoms with Crippen LogP contribution in [0.2, 0.25) is 0 Å². The zero-order valence-electron chi connectivity index (χ0n) is 36.5. The summed E-state index contributed by atoms with van der Waals surface area (Å²) >= 11 is 0. The molecule has 0 amide bonds. The summed E-state index contributed by atoms with van der Waals surface area (Å²) in [6.45, 7) is 0. The van der Waals surface area contributed by atoms with E-state index in [1.165, 1.54) is 81.9 Å². The molecule has 0 radical (unpaired) electrons. The van der Waals surface area contributed by atoms with Crippen molar-refractivity contribution in [2.45, 2.75) is 5.41 Å². The number of hydrogen-bond donors (Lipinski definition) is 0. The van der Waals surface area contributed by atoms with Crippen LogP contribution in [0.1, 0.15) is 22.3 Å². The van der Waals surface area contributed by atoms with Crippen molar-refractivity contribution in [3.05, 3.63) is 271 Å². The molecule has 0 unspecified atom stereocenters. The molecule has 1 aliphatic rings. The molecule has 0 N–H and O–H groups in total. The number of benzene rings is 12. The minimum Gasteiger partial charge on any atom is -0.456 e. The van der Waals surface area contributed by atoms with Crippen molar-refractivity contribution in [1.29, 1.82) is 0 Å². The van der Waals surface area contributed by atoms with E-state index in [1.54, 1.807) is 0 Å². The van der Waals surface area contributed by atoms with Gasteiger partial charge in [0.05, 0.1) is 5.41 Å². The summed E-state index contributed by atoms with van der Waals surface area (Å²) in [5.74, 6) is 0. The molecule has 0 bridgehead atoms. The SMILES string of the molecule is c1ccc(C2(c3ccccc3)c3ccccc3-c3ccc(N(c4cccc(-c5ccc6c7ccccc7c7c(ccc8oc9ccccc9c87)c6c5)c4)c4ccc5ccccc5c4)cc32)cc1. The highest BCUT2D eigenvalue weighted by Gasteiger charge is 2.46. The Kier molecular flexibility index (Phi) is 8.23. The van der Waals surface area contributed by atoms with Crippen molar-refractivity contribution in [2.75, 3.05) is 4.90 Å². The van der Waals surface area contributed by atoms with Crippen LogP contribution in [0.5, 0.6) is 0 Å². The van der Waals surface area contributed by atoms with E-state index in [-0.39, 0.29) is 0 Å². The number of anilines is 3. The molecule has 13 aromatic rings. The van der Waals surface area contributed by atoms with Crippen LogP contribution in [0.3, 0.4) is 0 Å². The molecule has 0 atom stereocenters. The van der Waals surface area contributed by atoms with Gasteiger partial charge in [0, 0.05) is 33.2 Å². The second-order valence-corrected chi connectivity index (χ2v) is 17.9. The van der Waals surface area contributed by atoms with E-state index in [0.717, 1.165) is 44.7 Å². The number of rotatable bonds is 6. The fourth-order valence-electron chi connectivity index (χ4n) is 11.6. The molecular weight excluding hydrogens is 811 g/mol. The van der Waals surface area contributed by atoms with E-state index < -0.39 is 5.41 Å². The van der Waals surface area contributed by atoms with Crippen molar-refractivity contribution in [3.8, 4) is 22.3 Å². The Labute approximate surface area is 388 Å². The predicted octanol–water partition coefficient (Wildman–Crippen LogP) is 17.7. The van der Waals surface area contributed by atoms with Gasteiger partial charge in [-0.25, -0.2) is 0 Å². The summed E-state index contributed by atoms with van der Waals surface area (Å²) < 4.78 is 6.44. The predicted molar refractivity (Wildman–Crippen MR) is 281 cm³/mol. The molecule has 1 heterocycles. The van der Waals surface area contributed by atoms with Gasteiger partial charge in [-0.1, -0.05) is 188 Å². The van der Waals surface area contributed by atoms with E-state index in [1.807, 2.05) is 6.07 Å². The summed E-state index contributed by atoms with van der Waals surface area (Å²) in [6.07, 6.45) is 0. The zero-order chi connectivity index (χ0) is 44.1. The van der Waals surface area contributed by atoms with Gasteiger partial charge in [-0.15, -0.1) is 0 Å². The fraction of sp³-hybridized carbons (Fsp3) is 0.0154. The maximum atomic E-state index is 6.44. The highest BCUT2D eigenvalue weighted by Crippen LogP contribution is 2.57. The monoisotopic (exact) mass is 851 g/mol. The largest absolute Gasteiger partial charge is 0.456 e. The number of nitrogens with zero attached hydrogens (tertiary/aromatic N) is 1. The molecule has 0 saturated carbocycles. The number of hydrogen-bond acceptors (Lipinski definition) is 2. The Bertz CT molecular complexity index is 4070. The third-order valence-electron chi connectivity index (χ3n) is 14.5. The summed E-state index contributed by atoms with van der Waals surface area (Å²) in [5, 5.41) is 12.1. The van der Waals surface area contributed by atoms with Crippen LogP contribution in [0.15, 0.2) is 253 Å². The third-order valence-corrected chi connectivity index (χ3v) is 14.5. The average Bonchev–Trinajstić information content (AvgIpc) is 3.93. The van der Waals surface area contributed by atoms with Crippen molar-refractivity contribution in [2.24, 2.45) is 0 Å². The van der Waals surface area contributed by atoms with Crippen LogP contribution < -0.4 is 4.90 Å². The lowest BCUT2D eigenvalue weighted by atomic mass is 9.67. The quantitative estimate of drug-likeness (QED) is 0.155. The maximum absolute atomic E-state index is 6.44. The van der Waals surface area contributed by atoms with Crippen molar-refractivity contribution in [1.82, 2.24) is 0 Å². The molecule has 1 aliphatic carbocycles. The van der Waals surface area contributed by atoms with Gasteiger partial charge in [0.1, 0.15) is 11.2 Å². The lowest BCUT2D eigenvalue weighted by Crippen LogP contribution is -2.28. The summed E-state index contributed by atoms with van der Waals surface area (Å²) in [5.41, 5.74) is 14.5. The summed E-state index contributed by atoms with van der Waals surface area (Å²) in [7, 11) is 0. The lowest BCUT2D eigenvalue weighted by molar-refractivity contribution is 0.669. The molecule has 0 saturated heterocycles. The molecule has 12 aromatic carbocycles. The van der Waals surface area contributed by atoms with Crippen molar-refractivity contribution in [3.63, 3.8) is 0 Å². The van der Waals surface area contributed by atoms with Gasteiger partial charge in [0.2, 0.25) is 0 Å². The Morgan fingerprint density at radius 3 is 1.73 bits per heavy atom. The third kappa shape index (κ3) is 5.57. The first-order chi connectivity index (χ1) is 33.2. The van der Waals surface area contributed by atoms with Gasteiger partial charge in [-0.2, -0.15) is 0 Å². The molecule has 1 aromatic heterocycles. The van der Waals surface area contributed by atoms with Crippen LogP contribution in [-0.2, 0) is 5.41 Å². The van der Waals surface area contributed by atoms with Gasteiger partial charge in [-0.3, -0.25) is 0 Å². The van der Waals surface area contributed by atoms with Crippen molar-refractivity contribution >= 4 is 82.1 Å². The molecule has 0 fully saturated rings. The highest BCUT2D eigenvalue weighted by atomic mass is 16.3. The van der Waals surface area contributed by atoms with E-state index in [4.69, 9.17) is 4.42 Å². The first-order valence-corrected chi connectivity index (χ1v) is 23.2. The smallest absolute Gasteiger partial charge is 0.136 e. The van der Waals surface area contributed by atoms with Gasteiger partial charge >= 0.3 is 0 Å². The van der Waals surface area contributed by atoms with Gasteiger partial charge in [0.25, 0.3) is 0 Å². The molecule has 0 aliphatic heterocycles. The molecule has 2 nitrogen and oxygen atoms in total. The summed E-state index contributed by atoms with van der Waals surface area (Å²) in [6, 6.07) is 91.5. The lowest BCUT2D eigenvalue weighted by Gasteiger charge is -2.35. The normalized spacial score (nSPS) is 12.9. The fourth-order valence-corrected chi connectivity index (χ4v) is 11.6. The van der Waals surface area contributed by atoms with E-state index in [9.17, 15) is 0 Å². The minimum atomic E-state index is -0.520. The number of fused-ring (bicyclic) bond motifs is 14.